The van der Waals surface area contributed by atoms with Crippen LogP contribution in [0.15, 0.2) is 12.3 Å². The van der Waals surface area contributed by atoms with Crippen LogP contribution in [-0.4, -0.2) is 32.2 Å². The number of aromatic amines is 1. The molecule has 8 heteroatoms. The highest BCUT2D eigenvalue weighted by Gasteiger charge is 2.48. The highest BCUT2D eigenvalue weighted by atomic mass is 19.1. The molecule has 24 heavy (non-hydrogen) atoms. The smallest absolute Gasteiger partial charge is 0.181 e. The van der Waals surface area contributed by atoms with Gasteiger partial charge in [-0.25, -0.2) is 19.3 Å². The molecule has 1 aliphatic rings. The number of hydrogen-bond acceptors (Lipinski definition) is 6. The average Bonchev–Trinajstić information content (AvgIpc) is 3.27. The number of anilines is 1. The van der Waals surface area contributed by atoms with Gasteiger partial charge in [-0.1, -0.05) is 0 Å². The number of fused-ring (bicyclic) bond motifs is 1. The van der Waals surface area contributed by atoms with Crippen LogP contribution in [0.5, 0.6) is 0 Å². The zero-order valence-electron chi connectivity index (χ0n) is 13.2. The third-order valence-electron chi connectivity index (χ3n) is 4.36. The first-order chi connectivity index (χ1) is 11.6. The summed E-state index contributed by atoms with van der Waals surface area (Å²) in [5.74, 6) is -0.0671. The van der Waals surface area contributed by atoms with Crippen molar-refractivity contribution in [3.63, 3.8) is 0 Å². The lowest BCUT2D eigenvalue weighted by molar-refractivity contribution is 0.624. The van der Waals surface area contributed by atoms with Crippen molar-refractivity contribution in [2.45, 2.75) is 25.2 Å². The molecule has 0 unspecified atom stereocenters. The maximum atomic E-state index is 13.5. The van der Waals surface area contributed by atoms with E-state index in [9.17, 15) is 9.65 Å². The van der Waals surface area contributed by atoms with Crippen LogP contribution < -0.4 is 5.32 Å². The van der Waals surface area contributed by atoms with Crippen LogP contribution in [0.2, 0.25) is 0 Å². The van der Waals surface area contributed by atoms with E-state index in [-0.39, 0.29) is 0 Å². The van der Waals surface area contributed by atoms with Gasteiger partial charge >= 0.3 is 0 Å². The lowest BCUT2D eigenvalue weighted by Crippen LogP contribution is -2.13. The van der Waals surface area contributed by atoms with E-state index in [4.69, 9.17) is 0 Å². The Balaban J connectivity index is 1.96. The molecular weight excluding hydrogens is 309 g/mol. The quantitative estimate of drug-likeness (QED) is 0.767. The number of halogens is 1. The summed E-state index contributed by atoms with van der Waals surface area (Å²) < 4.78 is 13.5. The fourth-order valence-electron chi connectivity index (χ4n) is 2.90. The van der Waals surface area contributed by atoms with Gasteiger partial charge in [0.05, 0.1) is 34.7 Å². The molecule has 3 aromatic rings. The predicted molar refractivity (Wildman–Crippen MR) is 85.7 cm³/mol. The number of rotatable bonds is 3. The van der Waals surface area contributed by atoms with Gasteiger partial charge in [0.2, 0.25) is 0 Å². The van der Waals surface area contributed by atoms with Crippen LogP contribution in [0.25, 0.3) is 22.6 Å². The third kappa shape index (κ3) is 2.01. The number of pyridine rings is 1. The van der Waals surface area contributed by atoms with E-state index in [0.29, 0.717) is 28.2 Å². The Bertz CT molecular complexity index is 998. The number of nitriles is 1. The van der Waals surface area contributed by atoms with E-state index < -0.39 is 11.2 Å². The minimum atomic E-state index is -0.569. The second-order valence-electron chi connectivity index (χ2n) is 5.92. The average molecular weight is 323 g/mol. The van der Waals surface area contributed by atoms with Crippen molar-refractivity contribution in [2.75, 3.05) is 12.4 Å². The van der Waals surface area contributed by atoms with Crippen LogP contribution in [-0.2, 0) is 5.41 Å². The summed E-state index contributed by atoms with van der Waals surface area (Å²) in [6, 6.07) is 3.71. The molecule has 7 nitrogen and oxygen atoms in total. The van der Waals surface area contributed by atoms with Crippen LogP contribution in [0, 0.1) is 24.1 Å². The first-order valence-electron chi connectivity index (χ1n) is 7.56. The van der Waals surface area contributed by atoms with Crippen molar-refractivity contribution in [1.29, 1.82) is 5.26 Å². The monoisotopic (exact) mass is 323 g/mol. The van der Waals surface area contributed by atoms with Gasteiger partial charge in [0.1, 0.15) is 16.9 Å². The molecule has 0 aromatic carbocycles. The second-order valence-corrected chi connectivity index (χ2v) is 5.92. The summed E-state index contributed by atoms with van der Waals surface area (Å²) in [6.07, 6.45) is 2.66. The summed E-state index contributed by atoms with van der Waals surface area (Å²) in [7, 11) is 1.78. The lowest BCUT2D eigenvalue weighted by Gasteiger charge is -2.15. The molecule has 1 saturated carbocycles. The zero-order chi connectivity index (χ0) is 16.9. The van der Waals surface area contributed by atoms with Crippen LogP contribution >= 0.6 is 0 Å². The molecule has 0 radical (unpaired) electrons. The minimum absolute atomic E-state index is 0.387. The Morgan fingerprint density at radius 2 is 2.17 bits per heavy atom. The Morgan fingerprint density at radius 1 is 1.38 bits per heavy atom. The van der Waals surface area contributed by atoms with Crippen molar-refractivity contribution in [3.8, 4) is 17.6 Å². The SMILES string of the molecule is CNc1c(C)nc(-c2[nH]nc3ncc(F)cc23)nc1C1(C#N)CC1. The van der Waals surface area contributed by atoms with Crippen molar-refractivity contribution >= 4 is 16.7 Å². The molecule has 0 bridgehead atoms. The molecule has 4 rings (SSSR count). The predicted octanol–water partition coefficient (Wildman–Crippen LogP) is 2.46. The van der Waals surface area contributed by atoms with Gasteiger partial charge < -0.3 is 5.32 Å². The van der Waals surface area contributed by atoms with Crippen LogP contribution in [0.3, 0.4) is 0 Å². The lowest BCUT2D eigenvalue weighted by atomic mass is 10.0. The molecule has 0 spiro atoms. The highest BCUT2D eigenvalue weighted by Crippen LogP contribution is 2.50. The summed E-state index contributed by atoms with van der Waals surface area (Å²) in [5, 5.41) is 20.0. The first-order valence-corrected chi connectivity index (χ1v) is 7.56. The van der Waals surface area contributed by atoms with Gasteiger partial charge in [-0.15, -0.1) is 0 Å². The normalized spacial score (nSPS) is 15.2. The van der Waals surface area contributed by atoms with Crippen LogP contribution in [0.4, 0.5) is 10.1 Å². The summed E-state index contributed by atoms with van der Waals surface area (Å²) in [5.41, 5.74) is 2.50. The largest absolute Gasteiger partial charge is 0.385 e. The zero-order valence-corrected chi connectivity index (χ0v) is 13.2. The molecule has 0 saturated heterocycles. The fourth-order valence-corrected chi connectivity index (χ4v) is 2.90. The minimum Gasteiger partial charge on any atom is -0.385 e. The maximum absolute atomic E-state index is 13.5. The molecular formula is C16H14FN7. The van der Waals surface area contributed by atoms with Gasteiger partial charge in [-0.2, -0.15) is 10.4 Å². The molecule has 3 heterocycles. The Hall–Kier alpha value is -3.08. The molecule has 120 valence electrons. The summed E-state index contributed by atoms with van der Waals surface area (Å²) in [6.45, 7) is 1.85. The van der Waals surface area contributed by atoms with E-state index in [0.717, 1.165) is 30.4 Å². The standard InChI is InChI=1S/C16H14FN7/c1-8-11(19-2)13(16(7-18)3-4-16)22-15(21-8)12-10-5-9(17)6-20-14(10)24-23-12/h5-6,19H,3-4H2,1-2H3,(H,20,23,24). The van der Waals surface area contributed by atoms with Crippen molar-refractivity contribution < 1.29 is 4.39 Å². The van der Waals surface area contributed by atoms with Crippen LogP contribution in [0.1, 0.15) is 24.2 Å². The number of H-pyrrole nitrogens is 1. The van der Waals surface area contributed by atoms with Crippen molar-refractivity contribution in [3.05, 3.63) is 29.5 Å². The number of nitrogens with zero attached hydrogens (tertiary/aromatic N) is 5. The van der Waals surface area contributed by atoms with Crippen molar-refractivity contribution in [1.82, 2.24) is 25.1 Å². The van der Waals surface area contributed by atoms with Gasteiger partial charge in [0, 0.05) is 7.05 Å². The number of nitrogens with one attached hydrogen (secondary N) is 2. The summed E-state index contributed by atoms with van der Waals surface area (Å²) in [4.78, 5) is 13.1. The topological polar surface area (TPSA) is 103 Å². The van der Waals surface area contributed by atoms with Gasteiger partial charge in [0.25, 0.3) is 0 Å². The van der Waals surface area contributed by atoms with Gasteiger partial charge in [0.15, 0.2) is 11.5 Å². The Morgan fingerprint density at radius 3 is 2.83 bits per heavy atom. The molecule has 2 N–H and O–H groups in total. The van der Waals surface area contributed by atoms with E-state index >= 15 is 0 Å². The van der Waals surface area contributed by atoms with E-state index in [1.54, 1.807) is 7.05 Å². The molecule has 0 amide bonds. The molecule has 3 aromatic heterocycles. The van der Waals surface area contributed by atoms with E-state index in [2.05, 4.69) is 36.5 Å². The van der Waals surface area contributed by atoms with Gasteiger partial charge in [-0.05, 0) is 25.8 Å². The first kappa shape index (κ1) is 14.5. The third-order valence-corrected chi connectivity index (χ3v) is 4.36. The highest BCUT2D eigenvalue weighted by molar-refractivity contribution is 5.88. The van der Waals surface area contributed by atoms with Gasteiger partial charge in [-0.3, -0.25) is 5.10 Å². The second kappa shape index (κ2) is 4.96. The summed E-state index contributed by atoms with van der Waals surface area (Å²) >= 11 is 0. The fraction of sp³-hybridized carbons (Fsp3) is 0.312. The maximum Gasteiger partial charge on any atom is 0.181 e. The number of hydrogen-bond donors (Lipinski definition) is 2. The molecule has 0 aliphatic heterocycles. The Kier molecular flexibility index (Phi) is 3.00. The van der Waals surface area contributed by atoms with Crippen molar-refractivity contribution in [2.24, 2.45) is 0 Å². The van der Waals surface area contributed by atoms with E-state index in [1.807, 2.05) is 6.92 Å². The number of aromatic nitrogens is 5. The molecule has 1 fully saturated rings. The molecule has 0 atom stereocenters. The number of aryl methyl sites for hydroxylation is 1. The Labute approximate surface area is 137 Å². The van der Waals surface area contributed by atoms with E-state index in [1.165, 1.54) is 6.07 Å². The molecule has 1 aliphatic carbocycles.